The molecule has 0 saturated carbocycles. The zero-order valence-electron chi connectivity index (χ0n) is 11.4. The summed E-state index contributed by atoms with van der Waals surface area (Å²) in [6.45, 7) is 0.204. The number of nitrogens with two attached hydrogens (primary N) is 1. The van der Waals surface area contributed by atoms with E-state index in [4.69, 9.17) is 5.73 Å². The first-order valence-electron chi connectivity index (χ1n) is 6.81. The maximum absolute atomic E-state index is 14.0. The van der Waals surface area contributed by atoms with E-state index in [0.29, 0.717) is 10.5 Å². The number of hydrogen-bond acceptors (Lipinski definition) is 3. The molecular formula is C16H16FNO2S. The molecule has 3 nitrogen and oxygen atoms in total. The summed E-state index contributed by atoms with van der Waals surface area (Å²) < 4.78 is 38.6. The van der Waals surface area contributed by atoms with E-state index in [1.165, 1.54) is 6.07 Å². The summed E-state index contributed by atoms with van der Waals surface area (Å²) in [5, 5.41) is 0. The van der Waals surface area contributed by atoms with Crippen LogP contribution in [0.4, 0.5) is 4.39 Å². The fourth-order valence-corrected chi connectivity index (χ4v) is 5.03. The molecule has 2 aromatic rings. The zero-order valence-corrected chi connectivity index (χ0v) is 12.2. The van der Waals surface area contributed by atoms with Gasteiger partial charge in [-0.25, -0.2) is 12.8 Å². The van der Waals surface area contributed by atoms with E-state index in [0.717, 1.165) is 5.56 Å². The van der Waals surface area contributed by atoms with E-state index in [9.17, 15) is 12.8 Å². The maximum Gasteiger partial charge on any atom is 0.179 e. The highest BCUT2D eigenvalue weighted by Crippen LogP contribution is 2.43. The lowest BCUT2D eigenvalue weighted by Gasteiger charge is -2.23. The van der Waals surface area contributed by atoms with Gasteiger partial charge in [0.1, 0.15) is 5.82 Å². The topological polar surface area (TPSA) is 60.2 Å². The number of rotatable bonds is 3. The molecule has 0 aromatic heterocycles. The quantitative estimate of drug-likeness (QED) is 0.947. The molecule has 21 heavy (non-hydrogen) atoms. The van der Waals surface area contributed by atoms with Gasteiger partial charge in [-0.2, -0.15) is 0 Å². The van der Waals surface area contributed by atoms with Crippen LogP contribution in [-0.4, -0.2) is 20.7 Å². The van der Waals surface area contributed by atoms with Crippen LogP contribution in [0.25, 0.3) is 0 Å². The highest BCUT2D eigenvalue weighted by atomic mass is 32.2. The monoisotopic (exact) mass is 305 g/mol. The van der Waals surface area contributed by atoms with Crippen LogP contribution in [0.1, 0.15) is 23.0 Å². The maximum atomic E-state index is 14.0. The molecule has 0 radical (unpaired) electrons. The SMILES string of the molecule is NCC(c1ccccc1F)C1CS(=O)(=O)c2ccccc21. The second-order valence-corrected chi connectivity index (χ2v) is 7.29. The Labute approximate surface area is 123 Å². The van der Waals surface area contributed by atoms with E-state index < -0.39 is 9.84 Å². The van der Waals surface area contributed by atoms with Crippen molar-refractivity contribution in [2.75, 3.05) is 12.3 Å². The molecule has 2 unspecified atom stereocenters. The predicted octanol–water partition coefficient (Wildman–Crippen LogP) is 2.44. The van der Waals surface area contributed by atoms with Crippen molar-refractivity contribution in [3.8, 4) is 0 Å². The Hall–Kier alpha value is -1.72. The average molecular weight is 305 g/mol. The number of halogens is 1. The molecule has 3 rings (SSSR count). The zero-order chi connectivity index (χ0) is 15.0. The highest BCUT2D eigenvalue weighted by Gasteiger charge is 2.39. The summed E-state index contributed by atoms with van der Waals surface area (Å²) in [6.07, 6.45) is 0. The minimum Gasteiger partial charge on any atom is -0.330 e. The van der Waals surface area contributed by atoms with Gasteiger partial charge in [0.2, 0.25) is 0 Å². The Kier molecular flexibility index (Phi) is 3.55. The third-order valence-corrected chi connectivity index (χ3v) is 5.94. The lowest BCUT2D eigenvalue weighted by Crippen LogP contribution is -2.22. The second kappa shape index (κ2) is 5.24. The minimum atomic E-state index is -3.31. The standard InChI is InChI=1S/C16H16FNO2S/c17-15-7-3-1-5-11(15)13(9-18)14-10-21(19,20)16-8-4-2-6-12(14)16/h1-8,13-14H,9-10,18H2. The largest absolute Gasteiger partial charge is 0.330 e. The molecule has 2 aromatic carbocycles. The van der Waals surface area contributed by atoms with E-state index in [1.807, 2.05) is 6.07 Å². The molecule has 5 heteroatoms. The Bertz CT molecular complexity index is 773. The molecule has 1 aliphatic rings. The van der Waals surface area contributed by atoms with Gasteiger partial charge in [-0.1, -0.05) is 36.4 Å². The van der Waals surface area contributed by atoms with Crippen LogP contribution in [0, 0.1) is 5.82 Å². The van der Waals surface area contributed by atoms with Gasteiger partial charge >= 0.3 is 0 Å². The first kappa shape index (κ1) is 14.2. The van der Waals surface area contributed by atoms with Gasteiger partial charge in [0, 0.05) is 11.8 Å². The van der Waals surface area contributed by atoms with E-state index in [1.54, 1.807) is 36.4 Å². The molecular weight excluding hydrogens is 289 g/mol. The van der Waals surface area contributed by atoms with Crippen molar-refractivity contribution in [2.45, 2.75) is 16.7 Å². The molecule has 0 spiro atoms. The Morgan fingerprint density at radius 3 is 2.52 bits per heavy atom. The van der Waals surface area contributed by atoms with Gasteiger partial charge in [-0.15, -0.1) is 0 Å². The lowest BCUT2D eigenvalue weighted by atomic mass is 9.82. The van der Waals surface area contributed by atoms with Gasteiger partial charge in [-0.3, -0.25) is 0 Å². The Morgan fingerprint density at radius 2 is 1.81 bits per heavy atom. The molecule has 0 bridgehead atoms. The van der Waals surface area contributed by atoms with Gasteiger partial charge in [-0.05, 0) is 29.8 Å². The number of fused-ring (bicyclic) bond motifs is 1. The average Bonchev–Trinajstić information content (AvgIpc) is 2.74. The highest BCUT2D eigenvalue weighted by molar-refractivity contribution is 7.91. The summed E-state index contributed by atoms with van der Waals surface area (Å²) in [7, 11) is -3.31. The van der Waals surface area contributed by atoms with Crippen LogP contribution in [0.15, 0.2) is 53.4 Å². The number of benzene rings is 2. The van der Waals surface area contributed by atoms with Crippen LogP contribution in [0.2, 0.25) is 0 Å². The number of hydrogen-bond donors (Lipinski definition) is 1. The molecule has 2 N–H and O–H groups in total. The molecule has 0 amide bonds. The summed E-state index contributed by atoms with van der Waals surface area (Å²) in [6, 6.07) is 13.4. The van der Waals surface area contributed by atoms with E-state index in [2.05, 4.69) is 0 Å². The van der Waals surface area contributed by atoms with Crippen LogP contribution in [0.5, 0.6) is 0 Å². The summed E-state index contributed by atoms with van der Waals surface area (Å²) in [5.41, 5.74) is 7.07. The number of sulfone groups is 1. The van der Waals surface area contributed by atoms with Crippen molar-refractivity contribution in [3.05, 3.63) is 65.5 Å². The van der Waals surface area contributed by atoms with Crippen molar-refractivity contribution in [1.82, 2.24) is 0 Å². The van der Waals surface area contributed by atoms with Gasteiger partial charge in [0.05, 0.1) is 10.6 Å². The van der Waals surface area contributed by atoms with Crippen LogP contribution >= 0.6 is 0 Å². The Morgan fingerprint density at radius 1 is 1.14 bits per heavy atom. The Balaban J connectivity index is 2.10. The van der Waals surface area contributed by atoms with Crippen LogP contribution in [-0.2, 0) is 9.84 Å². The van der Waals surface area contributed by atoms with E-state index in [-0.39, 0.29) is 30.0 Å². The molecule has 0 saturated heterocycles. The van der Waals surface area contributed by atoms with Gasteiger partial charge in [0.15, 0.2) is 9.84 Å². The predicted molar refractivity (Wildman–Crippen MR) is 79.4 cm³/mol. The third kappa shape index (κ3) is 2.36. The molecule has 110 valence electrons. The minimum absolute atomic E-state index is 0.0114. The van der Waals surface area contributed by atoms with Crippen molar-refractivity contribution in [1.29, 1.82) is 0 Å². The van der Waals surface area contributed by atoms with Crippen molar-refractivity contribution in [2.24, 2.45) is 5.73 Å². The molecule has 0 aliphatic carbocycles. The van der Waals surface area contributed by atoms with Crippen molar-refractivity contribution < 1.29 is 12.8 Å². The third-order valence-electron chi connectivity index (χ3n) is 4.10. The van der Waals surface area contributed by atoms with E-state index >= 15 is 0 Å². The first-order valence-corrected chi connectivity index (χ1v) is 8.46. The molecule has 0 fully saturated rings. The van der Waals surface area contributed by atoms with Crippen molar-refractivity contribution >= 4 is 9.84 Å². The smallest absolute Gasteiger partial charge is 0.179 e. The lowest BCUT2D eigenvalue weighted by molar-refractivity contribution is 0.533. The van der Waals surface area contributed by atoms with Crippen LogP contribution in [0.3, 0.4) is 0 Å². The second-order valence-electron chi connectivity index (χ2n) is 5.29. The molecule has 1 heterocycles. The molecule has 2 atom stereocenters. The van der Waals surface area contributed by atoms with Crippen molar-refractivity contribution in [3.63, 3.8) is 0 Å². The summed E-state index contributed by atoms with van der Waals surface area (Å²) in [4.78, 5) is 0.352. The normalized spacial score (nSPS) is 21.0. The van der Waals surface area contributed by atoms with Gasteiger partial charge in [0.25, 0.3) is 0 Å². The summed E-state index contributed by atoms with van der Waals surface area (Å²) >= 11 is 0. The van der Waals surface area contributed by atoms with Gasteiger partial charge < -0.3 is 5.73 Å². The summed E-state index contributed by atoms with van der Waals surface area (Å²) in [5.74, 6) is -0.991. The fourth-order valence-electron chi connectivity index (χ4n) is 3.10. The van der Waals surface area contributed by atoms with Crippen LogP contribution < -0.4 is 5.73 Å². The molecule has 1 aliphatic heterocycles. The fraction of sp³-hybridized carbons (Fsp3) is 0.250. The first-order chi connectivity index (χ1) is 10.0.